The van der Waals surface area contributed by atoms with Crippen molar-refractivity contribution in [3.05, 3.63) is 64.5 Å². The molecule has 1 aromatic heterocycles. The van der Waals surface area contributed by atoms with Crippen LogP contribution in [0.4, 0.5) is 5.13 Å². The fourth-order valence-electron chi connectivity index (χ4n) is 3.18. The summed E-state index contributed by atoms with van der Waals surface area (Å²) in [5, 5.41) is 3.34. The summed E-state index contributed by atoms with van der Waals surface area (Å²) in [5.74, 6) is 0.140. The third-order valence-electron chi connectivity index (χ3n) is 4.55. The molecule has 6 nitrogen and oxygen atoms in total. The summed E-state index contributed by atoms with van der Waals surface area (Å²) >= 11 is 1.41. The molecule has 4 rings (SSSR count). The number of rotatable bonds is 5. The van der Waals surface area contributed by atoms with Gasteiger partial charge in [0.2, 0.25) is 5.91 Å². The summed E-state index contributed by atoms with van der Waals surface area (Å²) < 4.78 is 10.5. The zero-order valence-electron chi connectivity index (χ0n) is 15.4. The molecule has 1 aliphatic heterocycles. The van der Waals surface area contributed by atoms with Gasteiger partial charge in [0, 0.05) is 16.0 Å². The van der Waals surface area contributed by atoms with Crippen LogP contribution in [0, 0.1) is 6.92 Å². The number of nitrogens with zero attached hydrogens (tertiary/aromatic N) is 1. The summed E-state index contributed by atoms with van der Waals surface area (Å²) in [6, 6.07) is 14.7. The van der Waals surface area contributed by atoms with Crippen molar-refractivity contribution in [3.8, 4) is 17.0 Å². The van der Waals surface area contributed by atoms with Crippen molar-refractivity contribution in [2.75, 3.05) is 12.4 Å². The highest BCUT2D eigenvalue weighted by Gasteiger charge is 2.32. The van der Waals surface area contributed by atoms with Gasteiger partial charge in [0.05, 0.1) is 24.8 Å². The smallest absolute Gasteiger partial charge is 0.339 e. The number of esters is 1. The predicted molar refractivity (Wildman–Crippen MR) is 107 cm³/mol. The Morgan fingerprint density at radius 1 is 1.21 bits per heavy atom. The number of aromatic nitrogens is 1. The number of carbonyl (C=O) groups excluding carboxylic acids is 2. The van der Waals surface area contributed by atoms with Gasteiger partial charge in [-0.2, -0.15) is 0 Å². The molecule has 28 heavy (non-hydrogen) atoms. The third-order valence-corrected chi connectivity index (χ3v) is 5.44. The number of nitrogens with one attached hydrogen (secondary N) is 1. The second-order valence-corrected chi connectivity index (χ2v) is 7.59. The number of amides is 1. The van der Waals surface area contributed by atoms with Crippen LogP contribution in [0.1, 0.15) is 33.3 Å². The molecule has 2 aromatic carbocycles. The van der Waals surface area contributed by atoms with Crippen LogP contribution in [0.3, 0.4) is 0 Å². The first kappa shape index (κ1) is 18.2. The Labute approximate surface area is 166 Å². The largest absolute Gasteiger partial charge is 0.497 e. The van der Waals surface area contributed by atoms with Crippen molar-refractivity contribution >= 4 is 28.3 Å². The number of hydrogen-bond acceptors (Lipinski definition) is 6. The van der Waals surface area contributed by atoms with E-state index in [4.69, 9.17) is 9.47 Å². The number of ether oxygens (including phenoxy) is 2. The highest BCUT2D eigenvalue weighted by Crippen LogP contribution is 2.34. The van der Waals surface area contributed by atoms with E-state index in [-0.39, 0.29) is 18.3 Å². The van der Waals surface area contributed by atoms with Crippen LogP contribution in [0.2, 0.25) is 0 Å². The van der Waals surface area contributed by atoms with E-state index in [9.17, 15) is 9.59 Å². The Bertz CT molecular complexity index is 1040. The molecule has 142 valence electrons. The first-order chi connectivity index (χ1) is 13.5. The standard InChI is InChI=1S/C21H18N2O4S/c1-12-19(13-7-9-14(26-2)10-8-13)23-21(28-12)22-18(24)11-17-15-5-3-4-6-16(15)20(25)27-17/h3-10,17H,11H2,1-2H3,(H,22,23,24). The number of aryl methyl sites for hydroxylation is 1. The fraction of sp³-hybridized carbons (Fsp3) is 0.190. The van der Waals surface area contributed by atoms with E-state index in [1.165, 1.54) is 11.3 Å². The first-order valence-electron chi connectivity index (χ1n) is 8.77. The first-order valence-corrected chi connectivity index (χ1v) is 9.58. The number of benzene rings is 2. The lowest BCUT2D eigenvalue weighted by Crippen LogP contribution is -2.15. The van der Waals surface area contributed by atoms with E-state index in [1.54, 1.807) is 19.2 Å². The van der Waals surface area contributed by atoms with Crippen molar-refractivity contribution in [2.45, 2.75) is 19.4 Å². The number of carbonyl (C=O) groups is 2. The molecule has 0 radical (unpaired) electrons. The van der Waals surface area contributed by atoms with Gasteiger partial charge >= 0.3 is 5.97 Å². The summed E-state index contributed by atoms with van der Waals surface area (Å²) in [4.78, 5) is 29.9. The van der Waals surface area contributed by atoms with Gasteiger partial charge in [0.25, 0.3) is 0 Å². The predicted octanol–water partition coefficient (Wildman–Crippen LogP) is 4.37. The fourth-order valence-corrected chi connectivity index (χ4v) is 4.03. The van der Waals surface area contributed by atoms with Crippen molar-refractivity contribution in [2.24, 2.45) is 0 Å². The van der Waals surface area contributed by atoms with Crippen LogP contribution >= 0.6 is 11.3 Å². The van der Waals surface area contributed by atoms with E-state index in [2.05, 4.69) is 10.3 Å². The van der Waals surface area contributed by atoms with Crippen molar-refractivity contribution in [3.63, 3.8) is 0 Å². The molecule has 0 spiro atoms. The Hall–Kier alpha value is -3.19. The molecule has 2 heterocycles. The molecule has 0 bridgehead atoms. The van der Waals surface area contributed by atoms with E-state index in [1.807, 2.05) is 43.3 Å². The minimum Gasteiger partial charge on any atom is -0.497 e. The second-order valence-electron chi connectivity index (χ2n) is 6.39. The van der Waals surface area contributed by atoms with Crippen LogP contribution in [0.5, 0.6) is 5.75 Å². The number of hydrogen-bond donors (Lipinski definition) is 1. The second kappa shape index (κ2) is 7.44. The zero-order chi connectivity index (χ0) is 19.7. The van der Waals surface area contributed by atoms with Crippen LogP contribution in [-0.2, 0) is 9.53 Å². The number of cyclic esters (lactones) is 1. The van der Waals surface area contributed by atoms with Gasteiger partial charge in [0.15, 0.2) is 5.13 Å². The zero-order valence-corrected chi connectivity index (χ0v) is 16.2. The normalized spacial score (nSPS) is 15.1. The molecule has 1 amide bonds. The van der Waals surface area contributed by atoms with Crippen molar-refractivity contribution in [1.82, 2.24) is 4.98 Å². The van der Waals surface area contributed by atoms with Crippen LogP contribution < -0.4 is 10.1 Å². The summed E-state index contributed by atoms with van der Waals surface area (Å²) in [6.07, 6.45) is -0.509. The quantitative estimate of drug-likeness (QED) is 0.650. The van der Waals surface area contributed by atoms with Gasteiger partial charge in [-0.25, -0.2) is 9.78 Å². The molecule has 1 atom stereocenters. The minimum absolute atomic E-state index is 0.0548. The van der Waals surface area contributed by atoms with E-state index >= 15 is 0 Å². The monoisotopic (exact) mass is 394 g/mol. The average molecular weight is 394 g/mol. The molecule has 7 heteroatoms. The number of anilines is 1. The molecule has 0 aliphatic carbocycles. The Balaban J connectivity index is 1.46. The van der Waals surface area contributed by atoms with E-state index in [0.717, 1.165) is 27.4 Å². The Morgan fingerprint density at radius 2 is 1.96 bits per heavy atom. The highest BCUT2D eigenvalue weighted by molar-refractivity contribution is 7.16. The molecule has 0 fully saturated rings. The third kappa shape index (κ3) is 3.48. The lowest BCUT2D eigenvalue weighted by atomic mass is 10.0. The van der Waals surface area contributed by atoms with Gasteiger partial charge in [-0.15, -0.1) is 11.3 Å². The van der Waals surface area contributed by atoms with Gasteiger partial charge < -0.3 is 14.8 Å². The molecular weight excluding hydrogens is 376 g/mol. The molecule has 0 saturated carbocycles. The number of thiazole rings is 1. The Morgan fingerprint density at radius 3 is 2.71 bits per heavy atom. The lowest BCUT2D eigenvalue weighted by molar-refractivity contribution is -0.118. The van der Waals surface area contributed by atoms with Crippen LogP contribution in [0.25, 0.3) is 11.3 Å². The van der Waals surface area contributed by atoms with E-state index in [0.29, 0.717) is 10.7 Å². The maximum atomic E-state index is 12.5. The Kier molecular flexibility index (Phi) is 4.83. The molecule has 1 unspecified atom stereocenters. The van der Waals surface area contributed by atoms with E-state index < -0.39 is 6.10 Å². The van der Waals surface area contributed by atoms with Gasteiger partial charge in [-0.1, -0.05) is 18.2 Å². The van der Waals surface area contributed by atoms with Crippen molar-refractivity contribution < 1.29 is 19.1 Å². The maximum absolute atomic E-state index is 12.5. The van der Waals surface area contributed by atoms with Crippen LogP contribution in [-0.4, -0.2) is 24.0 Å². The lowest BCUT2D eigenvalue weighted by Gasteiger charge is -2.09. The van der Waals surface area contributed by atoms with Gasteiger partial charge in [0.1, 0.15) is 11.9 Å². The van der Waals surface area contributed by atoms with Crippen molar-refractivity contribution in [1.29, 1.82) is 0 Å². The average Bonchev–Trinajstić information content (AvgIpc) is 3.22. The summed E-state index contributed by atoms with van der Waals surface area (Å²) in [7, 11) is 1.62. The topological polar surface area (TPSA) is 77.5 Å². The summed E-state index contributed by atoms with van der Waals surface area (Å²) in [6.45, 7) is 1.96. The van der Waals surface area contributed by atoms with Gasteiger partial charge in [-0.05, 0) is 37.3 Å². The number of methoxy groups -OCH3 is 1. The maximum Gasteiger partial charge on any atom is 0.339 e. The number of fused-ring (bicyclic) bond motifs is 1. The molecule has 1 N–H and O–H groups in total. The van der Waals surface area contributed by atoms with Gasteiger partial charge in [-0.3, -0.25) is 4.79 Å². The summed E-state index contributed by atoms with van der Waals surface area (Å²) in [5.41, 5.74) is 3.04. The molecular formula is C21H18N2O4S. The molecule has 0 saturated heterocycles. The molecule has 3 aromatic rings. The highest BCUT2D eigenvalue weighted by atomic mass is 32.1. The minimum atomic E-state index is -0.564. The van der Waals surface area contributed by atoms with Crippen LogP contribution in [0.15, 0.2) is 48.5 Å². The molecule has 1 aliphatic rings. The SMILES string of the molecule is COc1ccc(-c2nc(NC(=O)CC3OC(=O)c4ccccc43)sc2C)cc1.